The van der Waals surface area contributed by atoms with Gasteiger partial charge in [-0.3, -0.25) is 11.3 Å². The molecule has 116 valence electrons. The maximum Gasteiger partial charge on any atom is 0.0210 e. The van der Waals surface area contributed by atoms with E-state index in [2.05, 4.69) is 19.3 Å². The molecule has 0 spiro atoms. The summed E-state index contributed by atoms with van der Waals surface area (Å²) in [5.41, 5.74) is 3.00. The zero-order valence-electron chi connectivity index (χ0n) is 13.6. The molecule has 0 bridgehead atoms. The van der Waals surface area contributed by atoms with Crippen molar-refractivity contribution in [3.05, 3.63) is 0 Å². The van der Waals surface area contributed by atoms with Crippen molar-refractivity contribution in [2.45, 2.75) is 110 Å². The second kappa shape index (κ2) is 16.0. The Hall–Kier alpha value is -0.0800. The van der Waals surface area contributed by atoms with E-state index in [4.69, 9.17) is 5.84 Å². The molecule has 0 saturated heterocycles. The summed E-state index contributed by atoms with van der Waals surface area (Å²) in [6, 6.07) is 0.553. The van der Waals surface area contributed by atoms with E-state index in [1.54, 1.807) is 0 Å². The highest BCUT2D eigenvalue weighted by Crippen LogP contribution is 2.13. The molecule has 0 aromatic rings. The molecule has 0 radical (unpaired) electrons. The van der Waals surface area contributed by atoms with Gasteiger partial charge < -0.3 is 0 Å². The minimum Gasteiger partial charge on any atom is -0.271 e. The normalized spacial score (nSPS) is 12.8. The first-order valence-corrected chi connectivity index (χ1v) is 8.81. The van der Waals surface area contributed by atoms with Crippen molar-refractivity contribution in [3.63, 3.8) is 0 Å². The van der Waals surface area contributed by atoms with Crippen LogP contribution in [0.1, 0.15) is 104 Å². The molecule has 3 N–H and O–H groups in total. The van der Waals surface area contributed by atoms with Crippen molar-refractivity contribution in [1.29, 1.82) is 0 Å². The van der Waals surface area contributed by atoms with E-state index in [1.807, 2.05) is 0 Å². The summed E-state index contributed by atoms with van der Waals surface area (Å²) in [4.78, 5) is 0. The van der Waals surface area contributed by atoms with E-state index in [-0.39, 0.29) is 0 Å². The molecule has 2 heteroatoms. The Morgan fingerprint density at radius 2 is 1.00 bits per heavy atom. The number of hydrogen-bond donors (Lipinski definition) is 2. The Kier molecular flexibility index (Phi) is 15.9. The van der Waals surface area contributed by atoms with E-state index in [0.29, 0.717) is 6.04 Å². The van der Waals surface area contributed by atoms with Gasteiger partial charge in [0, 0.05) is 6.04 Å². The molecule has 1 atom stereocenters. The van der Waals surface area contributed by atoms with E-state index in [0.717, 1.165) is 0 Å². The summed E-state index contributed by atoms with van der Waals surface area (Å²) < 4.78 is 0. The molecule has 0 saturated carbocycles. The predicted octanol–water partition coefficient (Wildman–Crippen LogP) is 5.32. The number of nitrogens with two attached hydrogens (primary N) is 1. The monoisotopic (exact) mass is 270 g/mol. The van der Waals surface area contributed by atoms with Crippen LogP contribution in [0.4, 0.5) is 0 Å². The Morgan fingerprint density at radius 3 is 1.37 bits per heavy atom. The van der Waals surface area contributed by atoms with Gasteiger partial charge in [-0.05, 0) is 12.8 Å². The van der Waals surface area contributed by atoms with Crippen LogP contribution < -0.4 is 11.3 Å². The van der Waals surface area contributed by atoms with Crippen LogP contribution in [0.3, 0.4) is 0 Å². The van der Waals surface area contributed by atoms with Crippen molar-refractivity contribution < 1.29 is 0 Å². The zero-order chi connectivity index (χ0) is 14.2. The van der Waals surface area contributed by atoms with Crippen LogP contribution in [0.2, 0.25) is 0 Å². The van der Waals surface area contributed by atoms with Crippen LogP contribution in [0.15, 0.2) is 0 Å². The molecule has 0 aliphatic rings. The Morgan fingerprint density at radius 1 is 0.632 bits per heavy atom. The van der Waals surface area contributed by atoms with Gasteiger partial charge in [0.15, 0.2) is 0 Å². The van der Waals surface area contributed by atoms with Crippen LogP contribution in [0.25, 0.3) is 0 Å². The molecular formula is C17H38N2. The van der Waals surface area contributed by atoms with Crippen LogP contribution >= 0.6 is 0 Å². The van der Waals surface area contributed by atoms with Gasteiger partial charge in [0.1, 0.15) is 0 Å². The number of unbranched alkanes of at least 4 members (excludes halogenated alkanes) is 10. The summed E-state index contributed by atoms with van der Waals surface area (Å²) in [7, 11) is 0. The van der Waals surface area contributed by atoms with Gasteiger partial charge in [-0.2, -0.15) is 0 Å². The minimum atomic E-state index is 0.553. The predicted molar refractivity (Wildman–Crippen MR) is 87.1 cm³/mol. The Labute approximate surface area is 121 Å². The third-order valence-electron chi connectivity index (χ3n) is 4.05. The summed E-state index contributed by atoms with van der Waals surface area (Å²) in [6.07, 6.45) is 19.1. The molecule has 1 unspecified atom stereocenters. The lowest BCUT2D eigenvalue weighted by atomic mass is 10.0. The van der Waals surface area contributed by atoms with Crippen molar-refractivity contribution in [3.8, 4) is 0 Å². The molecule has 19 heavy (non-hydrogen) atoms. The Balaban J connectivity index is 3.29. The average molecular weight is 271 g/mol. The van der Waals surface area contributed by atoms with Crippen LogP contribution in [0, 0.1) is 0 Å². The second-order valence-corrected chi connectivity index (χ2v) is 5.98. The highest BCUT2D eigenvalue weighted by atomic mass is 15.2. The van der Waals surface area contributed by atoms with Gasteiger partial charge in [0.25, 0.3) is 0 Å². The molecule has 0 fully saturated rings. The fourth-order valence-electron chi connectivity index (χ4n) is 2.65. The molecule has 0 rings (SSSR count). The summed E-state index contributed by atoms with van der Waals surface area (Å²) in [5.74, 6) is 5.64. The first-order valence-electron chi connectivity index (χ1n) is 8.81. The lowest BCUT2D eigenvalue weighted by Gasteiger charge is -2.15. The molecule has 0 aliphatic carbocycles. The fraction of sp³-hybridized carbons (Fsp3) is 1.00. The first-order chi connectivity index (χ1) is 9.35. The molecule has 0 aliphatic heterocycles. The smallest absolute Gasteiger partial charge is 0.0210 e. The number of rotatable bonds is 15. The Bertz CT molecular complexity index is 159. The molecule has 0 heterocycles. The molecule has 0 amide bonds. The minimum absolute atomic E-state index is 0.553. The SMILES string of the molecule is CCCCCCCCCC(CCCCCCC)NN. The van der Waals surface area contributed by atoms with Crippen LogP contribution in [-0.2, 0) is 0 Å². The maximum atomic E-state index is 5.64. The molecule has 0 aromatic carbocycles. The number of hydrogen-bond acceptors (Lipinski definition) is 2. The second-order valence-electron chi connectivity index (χ2n) is 5.98. The third-order valence-corrected chi connectivity index (χ3v) is 4.05. The summed E-state index contributed by atoms with van der Waals surface area (Å²) in [6.45, 7) is 4.54. The molecule has 2 nitrogen and oxygen atoms in total. The number of hydrazine groups is 1. The van der Waals surface area contributed by atoms with Gasteiger partial charge in [0.05, 0.1) is 0 Å². The van der Waals surface area contributed by atoms with E-state index in [1.165, 1.54) is 89.9 Å². The lowest BCUT2D eigenvalue weighted by Crippen LogP contribution is -2.34. The zero-order valence-corrected chi connectivity index (χ0v) is 13.6. The largest absolute Gasteiger partial charge is 0.271 e. The quantitative estimate of drug-likeness (QED) is 0.240. The van der Waals surface area contributed by atoms with Gasteiger partial charge >= 0.3 is 0 Å². The van der Waals surface area contributed by atoms with Crippen LogP contribution in [0.5, 0.6) is 0 Å². The summed E-state index contributed by atoms with van der Waals surface area (Å²) in [5, 5.41) is 0. The van der Waals surface area contributed by atoms with Crippen LogP contribution in [-0.4, -0.2) is 6.04 Å². The van der Waals surface area contributed by atoms with Crippen molar-refractivity contribution in [1.82, 2.24) is 5.43 Å². The van der Waals surface area contributed by atoms with Crippen molar-refractivity contribution in [2.24, 2.45) is 5.84 Å². The van der Waals surface area contributed by atoms with E-state index < -0.39 is 0 Å². The van der Waals surface area contributed by atoms with E-state index >= 15 is 0 Å². The highest BCUT2D eigenvalue weighted by molar-refractivity contribution is 4.64. The maximum absolute atomic E-state index is 5.64. The van der Waals surface area contributed by atoms with Gasteiger partial charge in [-0.1, -0.05) is 90.9 Å². The van der Waals surface area contributed by atoms with Crippen molar-refractivity contribution >= 4 is 0 Å². The van der Waals surface area contributed by atoms with E-state index in [9.17, 15) is 0 Å². The average Bonchev–Trinajstić information content (AvgIpc) is 2.44. The summed E-state index contributed by atoms with van der Waals surface area (Å²) >= 11 is 0. The van der Waals surface area contributed by atoms with Gasteiger partial charge in [0.2, 0.25) is 0 Å². The van der Waals surface area contributed by atoms with Gasteiger partial charge in [-0.15, -0.1) is 0 Å². The molecule has 0 aromatic heterocycles. The highest BCUT2D eigenvalue weighted by Gasteiger charge is 2.05. The first kappa shape index (κ1) is 18.9. The fourth-order valence-corrected chi connectivity index (χ4v) is 2.65. The topological polar surface area (TPSA) is 38.0 Å². The van der Waals surface area contributed by atoms with Gasteiger partial charge in [-0.25, -0.2) is 0 Å². The third kappa shape index (κ3) is 14.1. The van der Waals surface area contributed by atoms with Crippen molar-refractivity contribution in [2.75, 3.05) is 0 Å². The number of nitrogens with one attached hydrogen (secondary N) is 1. The molecular weight excluding hydrogens is 232 g/mol. The standard InChI is InChI=1S/C17H38N2/c1-3-5-7-9-10-12-14-16-17(19-18)15-13-11-8-6-4-2/h17,19H,3-16,18H2,1-2H3. The lowest BCUT2D eigenvalue weighted by molar-refractivity contribution is 0.419.